The predicted octanol–water partition coefficient (Wildman–Crippen LogP) is 0.836. The Morgan fingerprint density at radius 3 is 2.69 bits per heavy atom. The largest absolute Gasteiger partial charge is 0.496 e. The average molecular weight is 384 g/mol. The first-order chi connectivity index (χ1) is 12.3. The number of nitrogens with zero attached hydrogens (tertiary/aromatic N) is 1. The van der Waals surface area contributed by atoms with E-state index in [-0.39, 0.29) is 17.7 Å². The molecule has 1 aliphatic heterocycles. The standard InChI is InChI=1S/C17H24N2O6S/c1-12-11-13(5-7-15(12)25-3)26(22,23)19-14(6-8-16(19)20)17(21)18-9-4-10-24-2/h5,7,11,14H,4,6,8-10H2,1-3H3,(H,18,21)/t14-/m0/s1. The molecule has 26 heavy (non-hydrogen) atoms. The molecule has 8 nitrogen and oxygen atoms in total. The summed E-state index contributed by atoms with van der Waals surface area (Å²) in [5, 5.41) is 2.67. The number of nitrogens with one attached hydrogen (secondary N) is 1. The van der Waals surface area contributed by atoms with E-state index in [4.69, 9.17) is 9.47 Å². The highest BCUT2D eigenvalue weighted by molar-refractivity contribution is 7.89. The minimum Gasteiger partial charge on any atom is -0.496 e. The Balaban J connectivity index is 2.23. The Hall–Kier alpha value is -2.13. The van der Waals surface area contributed by atoms with E-state index in [0.717, 1.165) is 0 Å². The zero-order valence-electron chi connectivity index (χ0n) is 15.1. The van der Waals surface area contributed by atoms with Crippen LogP contribution in [0.3, 0.4) is 0 Å². The lowest BCUT2D eigenvalue weighted by atomic mass is 10.2. The van der Waals surface area contributed by atoms with Crippen LogP contribution in [0.1, 0.15) is 24.8 Å². The molecule has 1 heterocycles. The monoisotopic (exact) mass is 384 g/mol. The van der Waals surface area contributed by atoms with Crippen LogP contribution in [0.25, 0.3) is 0 Å². The van der Waals surface area contributed by atoms with Crippen molar-refractivity contribution in [2.24, 2.45) is 0 Å². The second kappa shape index (κ2) is 8.50. The molecule has 2 amide bonds. The van der Waals surface area contributed by atoms with Crippen LogP contribution in [0, 0.1) is 6.92 Å². The second-order valence-corrected chi connectivity index (χ2v) is 7.83. The fourth-order valence-electron chi connectivity index (χ4n) is 2.87. The molecular weight excluding hydrogens is 360 g/mol. The quantitative estimate of drug-likeness (QED) is 0.666. The number of sulfonamides is 1. The molecule has 0 aliphatic carbocycles. The van der Waals surface area contributed by atoms with Gasteiger partial charge < -0.3 is 14.8 Å². The summed E-state index contributed by atoms with van der Waals surface area (Å²) in [5.74, 6) is -0.500. The second-order valence-electron chi connectivity index (χ2n) is 6.02. The summed E-state index contributed by atoms with van der Waals surface area (Å²) in [6, 6.07) is 3.31. The van der Waals surface area contributed by atoms with Crippen molar-refractivity contribution in [1.82, 2.24) is 9.62 Å². The van der Waals surface area contributed by atoms with Crippen molar-refractivity contribution in [1.29, 1.82) is 0 Å². The van der Waals surface area contributed by atoms with Crippen LogP contribution in [-0.2, 0) is 24.3 Å². The topological polar surface area (TPSA) is 102 Å². The van der Waals surface area contributed by atoms with Gasteiger partial charge in [0, 0.05) is 26.7 Å². The fourth-order valence-corrected chi connectivity index (χ4v) is 4.56. The molecule has 0 saturated carbocycles. The van der Waals surface area contributed by atoms with E-state index in [2.05, 4.69) is 5.32 Å². The van der Waals surface area contributed by atoms with E-state index in [9.17, 15) is 18.0 Å². The highest BCUT2D eigenvalue weighted by atomic mass is 32.2. The van der Waals surface area contributed by atoms with Crippen molar-refractivity contribution in [3.8, 4) is 5.75 Å². The van der Waals surface area contributed by atoms with Crippen LogP contribution in [0.2, 0.25) is 0 Å². The summed E-state index contributed by atoms with van der Waals surface area (Å²) in [6.07, 6.45) is 0.793. The van der Waals surface area contributed by atoms with Gasteiger partial charge in [0.05, 0.1) is 12.0 Å². The van der Waals surface area contributed by atoms with E-state index in [1.165, 1.54) is 25.3 Å². The summed E-state index contributed by atoms with van der Waals surface area (Å²) in [4.78, 5) is 24.6. The fraction of sp³-hybridized carbons (Fsp3) is 0.529. The molecule has 9 heteroatoms. The van der Waals surface area contributed by atoms with E-state index < -0.39 is 27.9 Å². The van der Waals surface area contributed by atoms with Crippen LogP contribution in [0.15, 0.2) is 23.1 Å². The number of aryl methyl sites for hydroxylation is 1. The third-order valence-corrected chi connectivity index (χ3v) is 6.04. The van der Waals surface area contributed by atoms with Crippen molar-refractivity contribution >= 4 is 21.8 Å². The molecule has 1 atom stereocenters. The molecule has 0 bridgehead atoms. The van der Waals surface area contributed by atoms with Crippen molar-refractivity contribution in [2.45, 2.75) is 37.1 Å². The smallest absolute Gasteiger partial charge is 0.267 e. The van der Waals surface area contributed by atoms with Gasteiger partial charge in [0.1, 0.15) is 11.8 Å². The van der Waals surface area contributed by atoms with Crippen molar-refractivity contribution in [2.75, 3.05) is 27.4 Å². The third-order valence-electron chi connectivity index (χ3n) is 4.21. The van der Waals surface area contributed by atoms with Gasteiger partial charge in [-0.25, -0.2) is 12.7 Å². The number of carbonyl (C=O) groups is 2. The number of rotatable bonds is 8. The number of hydrogen-bond acceptors (Lipinski definition) is 6. The number of hydrogen-bond donors (Lipinski definition) is 1. The maximum atomic E-state index is 13.0. The molecule has 0 spiro atoms. The molecule has 144 valence electrons. The highest BCUT2D eigenvalue weighted by Crippen LogP contribution is 2.29. The summed E-state index contributed by atoms with van der Waals surface area (Å²) in [5.41, 5.74) is 0.626. The molecule has 1 saturated heterocycles. The Morgan fingerprint density at radius 2 is 2.08 bits per heavy atom. The van der Waals surface area contributed by atoms with Crippen molar-refractivity contribution in [3.05, 3.63) is 23.8 Å². The predicted molar refractivity (Wildman–Crippen MR) is 94.3 cm³/mol. The van der Waals surface area contributed by atoms with Crippen LogP contribution < -0.4 is 10.1 Å². The molecule has 1 aromatic carbocycles. The lowest BCUT2D eigenvalue weighted by molar-refractivity contribution is -0.130. The van der Waals surface area contributed by atoms with E-state index in [1.807, 2.05) is 0 Å². The van der Waals surface area contributed by atoms with Gasteiger partial charge in [0.2, 0.25) is 11.8 Å². The first-order valence-corrected chi connectivity index (χ1v) is 9.75. The molecule has 0 aromatic heterocycles. The Morgan fingerprint density at radius 1 is 1.35 bits per heavy atom. The summed E-state index contributed by atoms with van der Waals surface area (Å²) >= 11 is 0. The third kappa shape index (κ3) is 4.16. The zero-order valence-corrected chi connectivity index (χ0v) is 16.0. The number of carbonyl (C=O) groups excluding carboxylic acids is 2. The normalized spacial score (nSPS) is 17.4. The number of amides is 2. The van der Waals surface area contributed by atoms with Crippen molar-refractivity contribution in [3.63, 3.8) is 0 Å². The number of methoxy groups -OCH3 is 2. The van der Waals surface area contributed by atoms with E-state index in [1.54, 1.807) is 14.0 Å². The van der Waals surface area contributed by atoms with E-state index in [0.29, 0.717) is 35.2 Å². The molecule has 0 radical (unpaired) electrons. The van der Waals surface area contributed by atoms with Crippen LogP contribution in [0.4, 0.5) is 0 Å². The maximum absolute atomic E-state index is 13.0. The summed E-state index contributed by atoms with van der Waals surface area (Å²) in [7, 11) is -1.07. The number of benzene rings is 1. The average Bonchev–Trinajstić information content (AvgIpc) is 3.01. The molecule has 1 fully saturated rings. The van der Waals surface area contributed by atoms with Gasteiger partial charge in [0.25, 0.3) is 10.0 Å². The molecule has 2 rings (SSSR count). The minimum absolute atomic E-state index is 0.0184. The molecule has 0 unspecified atom stereocenters. The Labute approximate surface area is 153 Å². The lowest BCUT2D eigenvalue weighted by Gasteiger charge is -2.24. The van der Waals surface area contributed by atoms with Gasteiger partial charge in [-0.05, 0) is 43.5 Å². The van der Waals surface area contributed by atoms with Crippen LogP contribution in [-0.4, -0.2) is 58.0 Å². The van der Waals surface area contributed by atoms with Crippen LogP contribution >= 0.6 is 0 Å². The molecular formula is C17H24N2O6S. The zero-order chi connectivity index (χ0) is 19.3. The first-order valence-electron chi connectivity index (χ1n) is 8.31. The Kier molecular flexibility index (Phi) is 6.60. The molecule has 1 aliphatic rings. The minimum atomic E-state index is -4.12. The van der Waals surface area contributed by atoms with E-state index >= 15 is 0 Å². The van der Waals surface area contributed by atoms with Gasteiger partial charge in [0.15, 0.2) is 0 Å². The van der Waals surface area contributed by atoms with Crippen molar-refractivity contribution < 1.29 is 27.5 Å². The number of ether oxygens (including phenoxy) is 2. The maximum Gasteiger partial charge on any atom is 0.267 e. The van der Waals surface area contributed by atoms with Gasteiger partial charge in [-0.3, -0.25) is 9.59 Å². The van der Waals surface area contributed by atoms with Gasteiger partial charge in [-0.2, -0.15) is 0 Å². The van der Waals surface area contributed by atoms with Crippen LogP contribution in [0.5, 0.6) is 5.75 Å². The van der Waals surface area contributed by atoms with Gasteiger partial charge in [-0.15, -0.1) is 0 Å². The van der Waals surface area contributed by atoms with Gasteiger partial charge in [-0.1, -0.05) is 0 Å². The van der Waals surface area contributed by atoms with Gasteiger partial charge >= 0.3 is 0 Å². The Bertz CT molecular complexity index is 777. The molecule has 1 N–H and O–H groups in total. The lowest BCUT2D eigenvalue weighted by Crippen LogP contribution is -2.47. The summed E-state index contributed by atoms with van der Waals surface area (Å²) < 4.78 is 36.7. The highest BCUT2D eigenvalue weighted by Gasteiger charge is 2.44. The first kappa shape index (κ1) is 20.2. The summed E-state index contributed by atoms with van der Waals surface area (Å²) in [6.45, 7) is 2.55. The molecule has 1 aromatic rings. The SMILES string of the molecule is COCCCNC(=O)[C@@H]1CCC(=O)N1S(=O)(=O)c1ccc(OC)c(C)c1.